The van der Waals surface area contributed by atoms with Gasteiger partial charge < -0.3 is 4.74 Å². The predicted molar refractivity (Wildman–Crippen MR) is 83.6 cm³/mol. The second-order valence-corrected chi connectivity index (χ2v) is 5.50. The summed E-state index contributed by atoms with van der Waals surface area (Å²) in [6, 6.07) is 10.1. The average Bonchev–Trinajstić information content (AvgIpc) is 2.45. The molecule has 1 unspecified atom stereocenters. The highest BCUT2D eigenvalue weighted by molar-refractivity contribution is 5.82. The van der Waals surface area contributed by atoms with Crippen LogP contribution in [0, 0.1) is 5.41 Å². The lowest BCUT2D eigenvalue weighted by atomic mass is 9.76. The van der Waals surface area contributed by atoms with Gasteiger partial charge >= 0.3 is 0 Å². The fourth-order valence-electron chi connectivity index (χ4n) is 2.39. The van der Waals surface area contributed by atoms with E-state index in [1.54, 1.807) is 6.92 Å². The average molecular weight is 274 g/mol. The van der Waals surface area contributed by atoms with E-state index < -0.39 is 0 Å². The third-order valence-electron chi connectivity index (χ3n) is 3.93. The number of carbonyl (C=O) groups excluding carboxylic acids is 1. The standard InChI is InChI=1S/C18H26O2/c1-5-7-13-18(4,15(3)19)14-17(20-6-2)16-11-9-8-10-12-16/h5,8-12,17H,1,6-7,13-14H2,2-4H3/t17-,18?/m1/s1. The summed E-state index contributed by atoms with van der Waals surface area (Å²) in [5, 5.41) is 0. The van der Waals surface area contributed by atoms with E-state index in [1.807, 2.05) is 38.1 Å². The first-order valence-corrected chi connectivity index (χ1v) is 7.32. The summed E-state index contributed by atoms with van der Waals surface area (Å²) in [6.45, 7) is 10.1. The van der Waals surface area contributed by atoms with Crippen molar-refractivity contribution in [3.8, 4) is 0 Å². The molecule has 110 valence electrons. The van der Waals surface area contributed by atoms with Crippen molar-refractivity contribution in [2.24, 2.45) is 5.41 Å². The lowest BCUT2D eigenvalue weighted by Gasteiger charge is -2.31. The fourth-order valence-corrected chi connectivity index (χ4v) is 2.39. The molecule has 0 aliphatic carbocycles. The molecule has 0 amide bonds. The van der Waals surface area contributed by atoms with Gasteiger partial charge in [-0.2, -0.15) is 0 Å². The Hall–Kier alpha value is -1.41. The zero-order chi connectivity index (χ0) is 15.0. The van der Waals surface area contributed by atoms with E-state index in [0.29, 0.717) is 13.0 Å². The molecule has 0 saturated heterocycles. The Labute approximate surface area is 122 Å². The summed E-state index contributed by atoms with van der Waals surface area (Å²) in [5.74, 6) is 0.222. The Morgan fingerprint density at radius 1 is 1.40 bits per heavy atom. The quantitative estimate of drug-likeness (QED) is 0.609. The molecule has 0 radical (unpaired) electrons. The third kappa shape index (κ3) is 4.61. The molecule has 0 N–H and O–H groups in total. The van der Waals surface area contributed by atoms with E-state index in [2.05, 4.69) is 18.7 Å². The molecule has 1 aromatic carbocycles. The van der Waals surface area contributed by atoms with E-state index in [-0.39, 0.29) is 17.3 Å². The van der Waals surface area contributed by atoms with Gasteiger partial charge in [-0.1, -0.05) is 43.3 Å². The molecule has 0 aromatic heterocycles. The summed E-state index contributed by atoms with van der Waals surface area (Å²) >= 11 is 0. The Morgan fingerprint density at radius 3 is 2.55 bits per heavy atom. The van der Waals surface area contributed by atoms with Gasteiger partial charge in [0.1, 0.15) is 5.78 Å². The van der Waals surface area contributed by atoms with Crippen LogP contribution < -0.4 is 0 Å². The van der Waals surface area contributed by atoms with E-state index in [4.69, 9.17) is 4.74 Å². The Kier molecular flexibility index (Phi) is 6.66. The minimum absolute atomic E-state index is 0.0279. The van der Waals surface area contributed by atoms with Crippen molar-refractivity contribution in [3.63, 3.8) is 0 Å². The zero-order valence-electron chi connectivity index (χ0n) is 12.9. The van der Waals surface area contributed by atoms with Gasteiger partial charge in [-0.25, -0.2) is 0 Å². The van der Waals surface area contributed by atoms with Crippen LogP contribution in [0.15, 0.2) is 43.0 Å². The second kappa shape index (κ2) is 8.01. The number of Topliss-reactive ketones (excluding diaryl/α,β-unsaturated/α-hetero) is 1. The van der Waals surface area contributed by atoms with Crippen molar-refractivity contribution in [2.75, 3.05) is 6.61 Å². The Balaban J connectivity index is 2.91. The molecule has 1 aromatic rings. The van der Waals surface area contributed by atoms with Gasteiger partial charge in [0.05, 0.1) is 6.10 Å². The third-order valence-corrected chi connectivity index (χ3v) is 3.93. The highest BCUT2D eigenvalue weighted by Crippen LogP contribution is 2.37. The van der Waals surface area contributed by atoms with Crippen LogP contribution in [0.5, 0.6) is 0 Å². The maximum absolute atomic E-state index is 12.1. The maximum atomic E-state index is 12.1. The molecule has 0 saturated carbocycles. The van der Waals surface area contributed by atoms with Crippen LogP contribution in [0.25, 0.3) is 0 Å². The molecule has 2 nitrogen and oxygen atoms in total. The SMILES string of the molecule is C=CCCC(C)(C[C@@H](OCC)c1ccccc1)C(C)=O. The van der Waals surface area contributed by atoms with Crippen LogP contribution in [0.3, 0.4) is 0 Å². The van der Waals surface area contributed by atoms with Crippen molar-refractivity contribution in [1.82, 2.24) is 0 Å². The van der Waals surface area contributed by atoms with Gasteiger partial charge in [0.2, 0.25) is 0 Å². The number of carbonyl (C=O) groups is 1. The minimum atomic E-state index is -0.357. The van der Waals surface area contributed by atoms with E-state index >= 15 is 0 Å². The minimum Gasteiger partial charge on any atom is -0.374 e. The molecule has 0 aliphatic rings. The maximum Gasteiger partial charge on any atom is 0.135 e. The van der Waals surface area contributed by atoms with Crippen LogP contribution in [-0.4, -0.2) is 12.4 Å². The normalized spacial score (nSPS) is 15.3. The number of allylic oxidation sites excluding steroid dienone is 1. The Bertz CT molecular complexity index is 424. The predicted octanol–water partition coefficient (Wildman–Crippen LogP) is 4.72. The molecule has 1 rings (SSSR count). The molecule has 2 atom stereocenters. The fraction of sp³-hybridized carbons (Fsp3) is 0.500. The van der Waals surface area contributed by atoms with Crippen LogP contribution in [-0.2, 0) is 9.53 Å². The van der Waals surface area contributed by atoms with Gasteiger partial charge in [0, 0.05) is 12.0 Å². The highest BCUT2D eigenvalue weighted by Gasteiger charge is 2.33. The molecular weight excluding hydrogens is 248 g/mol. The first kappa shape index (κ1) is 16.6. The number of hydrogen-bond donors (Lipinski definition) is 0. The number of benzene rings is 1. The molecule has 20 heavy (non-hydrogen) atoms. The van der Waals surface area contributed by atoms with E-state index in [1.165, 1.54) is 0 Å². The zero-order valence-corrected chi connectivity index (χ0v) is 12.9. The van der Waals surface area contributed by atoms with Crippen molar-refractivity contribution in [3.05, 3.63) is 48.6 Å². The molecule has 0 bridgehead atoms. The van der Waals surface area contributed by atoms with Crippen LogP contribution in [0.1, 0.15) is 51.7 Å². The molecule has 2 heteroatoms. The summed E-state index contributed by atoms with van der Waals surface area (Å²) in [6.07, 6.45) is 4.24. The first-order chi connectivity index (χ1) is 9.53. The van der Waals surface area contributed by atoms with Gasteiger partial charge in [0.15, 0.2) is 0 Å². The van der Waals surface area contributed by atoms with Gasteiger partial charge in [0.25, 0.3) is 0 Å². The van der Waals surface area contributed by atoms with Crippen molar-refractivity contribution in [2.45, 2.75) is 46.1 Å². The molecule has 0 spiro atoms. The lowest BCUT2D eigenvalue weighted by Crippen LogP contribution is -2.28. The number of hydrogen-bond acceptors (Lipinski definition) is 2. The number of ether oxygens (including phenoxy) is 1. The van der Waals surface area contributed by atoms with Crippen LogP contribution in [0.4, 0.5) is 0 Å². The first-order valence-electron chi connectivity index (χ1n) is 7.32. The molecule has 0 heterocycles. The highest BCUT2D eigenvalue weighted by atomic mass is 16.5. The van der Waals surface area contributed by atoms with Crippen LogP contribution >= 0.6 is 0 Å². The van der Waals surface area contributed by atoms with Crippen molar-refractivity contribution < 1.29 is 9.53 Å². The Morgan fingerprint density at radius 2 is 2.05 bits per heavy atom. The second-order valence-electron chi connectivity index (χ2n) is 5.50. The molecular formula is C18H26O2. The molecule has 0 aliphatic heterocycles. The lowest BCUT2D eigenvalue weighted by molar-refractivity contribution is -0.128. The summed E-state index contributed by atoms with van der Waals surface area (Å²) in [4.78, 5) is 12.1. The largest absolute Gasteiger partial charge is 0.374 e. The smallest absolute Gasteiger partial charge is 0.135 e. The van der Waals surface area contributed by atoms with Crippen LogP contribution in [0.2, 0.25) is 0 Å². The van der Waals surface area contributed by atoms with Crippen molar-refractivity contribution >= 4 is 5.78 Å². The van der Waals surface area contributed by atoms with Gasteiger partial charge in [-0.15, -0.1) is 6.58 Å². The number of ketones is 1. The van der Waals surface area contributed by atoms with E-state index in [0.717, 1.165) is 18.4 Å². The summed E-state index contributed by atoms with van der Waals surface area (Å²) in [5.41, 5.74) is 0.782. The van der Waals surface area contributed by atoms with E-state index in [9.17, 15) is 4.79 Å². The van der Waals surface area contributed by atoms with Crippen molar-refractivity contribution in [1.29, 1.82) is 0 Å². The molecule has 0 fully saturated rings. The summed E-state index contributed by atoms with van der Waals surface area (Å²) < 4.78 is 5.88. The van der Waals surface area contributed by atoms with Gasteiger partial charge in [-0.05, 0) is 38.7 Å². The number of rotatable bonds is 9. The summed E-state index contributed by atoms with van der Waals surface area (Å²) in [7, 11) is 0. The topological polar surface area (TPSA) is 26.3 Å². The van der Waals surface area contributed by atoms with Gasteiger partial charge in [-0.3, -0.25) is 4.79 Å². The monoisotopic (exact) mass is 274 g/mol.